The van der Waals surface area contributed by atoms with E-state index in [9.17, 15) is 18.0 Å². The summed E-state index contributed by atoms with van der Waals surface area (Å²) in [4.78, 5) is 11.0. The van der Waals surface area contributed by atoms with Gasteiger partial charge in [-0.15, -0.1) is 0 Å². The number of rotatable bonds is 2. The molecule has 0 bridgehead atoms. The molecule has 0 aliphatic carbocycles. The molecule has 98 valence electrons. The second-order valence-corrected chi connectivity index (χ2v) is 4.36. The van der Waals surface area contributed by atoms with Crippen molar-refractivity contribution in [2.45, 2.75) is 6.18 Å². The normalized spacial score (nSPS) is 11.4. The first-order chi connectivity index (χ1) is 8.91. The van der Waals surface area contributed by atoms with Crippen LogP contribution in [0.5, 0.6) is 0 Å². The number of aldehydes is 1. The Bertz CT molecular complexity index is 620. The summed E-state index contributed by atoms with van der Waals surface area (Å²) in [5, 5.41) is 0.359. The summed E-state index contributed by atoms with van der Waals surface area (Å²) < 4.78 is 37.9. The molecule has 0 atom stereocenters. The highest BCUT2D eigenvalue weighted by Gasteiger charge is 2.30. The quantitative estimate of drug-likeness (QED) is 0.721. The molecule has 0 fully saturated rings. The van der Waals surface area contributed by atoms with Gasteiger partial charge in [0.05, 0.1) is 5.56 Å². The summed E-state index contributed by atoms with van der Waals surface area (Å²) in [5.41, 5.74) is 0.253. The first-order valence-electron chi connectivity index (χ1n) is 5.34. The average molecular weight is 285 g/mol. The Kier molecular flexibility index (Phi) is 3.62. The standard InChI is InChI=1S/C14H8ClF3O/c15-12-4-5-13(10(7-12)8-19)9-2-1-3-11(6-9)14(16,17)18/h1-8H. The van der Waals surface area contributed by atoms with Crippen LogP contribution in [-0.2, 0) is 6.18 Å². The molecule has 2 aromatic rings. The minimum Gasteiger partial charge on any atom is -0.298 e. The molecule has 0 saturated heterocycles. The number of carbonyl (C=O) groups excluding carboxylic acids is 1. The molecule has 0 heterocycles. The zero-order valence-electron chi connectivity index (χ0n) is 9.54. The van der Waals surface area contributed by atoms with E-state index >= 15 is 0 Å². The molecular formula is C14H8ClF3O. The first-order valence-corrected chi connectivity index (χ1v) is 5.72. The fourth-order valence-electron chi connectivity index (χ4n) is 1.76. The molecule has 1 nitrogen and oxygen atoms in total. The number of alkyl halides is 3. The van der Waals surface area contributed by atoms with Gasteiger partial charge in [0, 0.05) is 10.6 Å². The Labute approximate surface area is 112 Å². The van der Waals surface area contributed by atoms with Gasteiger partial charge in [-0.25, -0.2) is 0 Å². The molecule has 0 aliphatic heterocycles. The second-order valence-electron chi connectivity index (χ2n) is 3.93. The molecular weight excluding hydrogens is 277 g/mol. The topological polar surface area (TPSA) is 17.1 Å². The van der Waals surface area contributed by atoms with Crippen LogP contribution in [0.2, 0.25) is 5.02 Å². The molecule has 0 aliphatic rings. The molecule has 0 amide bonds. The van der Waals surface area contributed by atoms with Crippen molar-refractivity contribution >= 4 is 17.9 Å². The van der Waals surface area contributed by atoms with Gasteiger partial charge in [-0.3, -0.25) is 4.79 Å². The lowest BCUT2D eigenvalue weighted by molar-refractivity contribution is -0.137. The van der Waals surface area contributed by atoms with Crippen molar-refractivity contribution in [2.24, 2.45) is 0 Å². The van der Waals surface area contributed by atoms with E-state index in [-0.39, 0.29) is 5.56 Å². The Morgan fingerprint density at radius 3 is 2.42 bits per heavy atom. The minimum absolute atomic E-state index is 0.256. The van der Waals surface area contributed by atoms with Gasteiger partial charge in [-0.1, -0.05) is 29.8 Å². The summed E-state index contributed by atoms with van der Waals surface area (Å²) in [6, 6.07) is 9.30. The number of hydrogen-bond acceptors (Lipinski definition) is 1. The Morgan fingerprint density at radius 2 is 1.79 bits per heavy atom. The van der Waals surface area contributed by atoms with Crippen molar-refractivity contribution in [3.05, 3.63) is 58.6 Å². The van der Waals surface area contributed by atoms with Crippen molar-refractivity contribution in [3.8, 4) is 11.1 Å². The molecule has 19 heavy (non-hydrogen) atoms. The van der Waals surface area contributed by atoms with Crippen LogP contribution in [0, 0.1) is 0 Å². The highest BCUT2D eigenvalue weighted by molar-refractivity contribution is 6.31. The number of benzene rings is 2. The van der Waals surface area contributed by atoms with Crippen molar-refractivity contribution in [1.82, 2.24) is 0 Å². The summed E-state index contributed by atoms with van der Waals surface area (Å²) in [7, 11) is 0. The number of hydrogen-bond donors (Lipinski definition) is 0. The third-order valence-corrected chi connectivity index (χ3v) is 2.88. The van der Waals surface area contributed by atoms with Crippen molar-refractivity contribution in [3.63, 3.8) is 0 Å². The van der Waals surface area contributed by atoms with Crippen molar-refractivity contribution in [1.29, 1.82) is 0 Å². The third kappa shape index (κ3) is 2.96. The van der Waals surface area contributed by atoms with Gasteiger partial charge < -0.3 is 0 Å². The van der Waals surface area contributed by atoms with E-state index in [0.717, 1.165) is 12.1 Å². The predicted molar refractivity (Wildman–Crippen MR) is 67.3 cm³/mol. The van der Waals surface area contributed by atoms with E-state index in [1.807, 2.05) is 0 Å². The van der Waals surface area contributed by atoms with Crippen LogP contribution in [0.1, 0.15) is 15.9 Å². The lowest BCUT2D eigenvalue weighted by atomic mass is 9.98. The monoisotopic (exact) mass is 284 g/mol. The summed E-state index contributed by atoms with van der Waals surface area (Å²) in [6.45, 7) is 0. The predicted octanol–water partition coefficient (Wildman–Crippen LogP) is 4.84. The maximum Gasteiger partial charge on any atom is 0.416 e. The van der Waals surface area contributed by atoms with E-state index < -0.39 is 11.7 Å². The van der Waals surface area contributed by atoms with Gasteiger partial charge in [0.15, 0.2) is 6.29 Å². The highest BCUT2D eigenvalue weighted by Crippen LogP contribution is 2.33. The van der Waals surface area contributed by atoms with Gasteiger partial charge in [-0.05, 0) is 35.4 Å². The largest absolute Gasteiger partial charge is 0.416 e. The molecule has 0 spiro atoms. The minimum atomic E-state index is -4.41. The van der Waals surface area contributed by atoms with E-state index in [0.29, 0.717) is 22.4 Å². The number of halogens is 4. The van der Waals surface area contributed by atoms with Gasteiger partial charge >= 0.3 is 6.18 Å². The van der Waals surface area contributed by atoms with Crippen LogP contribution in [0.4, 0.5) is 13.2 Å². The zero-order chi connectivity index (χ0) is 14.0. The van der Waals surface area contributed by atoms with E-state index in [2.05, 4.69) is 0 Å². The average Bonchev–Trinajstić information content (AvgIpc) is 2.37. The second kappa shape index (κ2) is 5.05. The van der Waals surface area contributed by atoms with E-state index in [1.54, 1.807) is 0 Å². The molecule has 0 saturated carbocycles. The molecule has 2 aromatic carbocycles. The van der Waals surface area contributed by atoms with Crippen LogP contribution < -0.4 is 0 Å². The van der Waals surface area contributed by atoms with Crippen molar-refractivity contribution < 1.29 is 18.0 Å². The van der Waals surface area contributed by atoms with E-state index in [4.69, 9.17) is 11.6 Å². The van der Waals surface area contributed by atoms with Gasteiger partial charge in [0.2, 0.25) is 0 Å². The summed E-state index contributed by atoms with van der Waals surface area (Å²) in [6.07, 6.45) is -3.84. The molecule has 2 rings (SSSR count). The van der Waals surface area contributed by atoms with Gasteiger partial charge in [0.1, 0.15) is 0 Å². The van der Waals surface area contributed by atoms with Crippen molar-refractivity contribution in [2.75, 3.05) is 0 Å². The Balaban J connectivity index is 2.56. The SMILES string of the molecule is O=Cc1cc(Cl)ccc1-c1cccc(C(F)(F)F)c1. The maximum atomic E-state index is 12.6. The van der Waals surface area contributed by atoms with Crippen LogP contribution in [0.15, 0.2) is 42.5 Å². The summed E-state index contributed by atoms with van der Waals surface area (Å²) in [5.74, 6) is 0. The van der Waals surface area contributed by atoms with Crippen LogP contribution in [-0.4, -0.2) is 6.29 Å². The van der Waals surface area contributed by atoms with Crippen LogP contribution >= 0.6 is 11.6 Å². The fraction of sp³-hybridized carbons (Fsp3) is 0.0714. The number of carbonyl (C=O) groups is 1. The van der Waals surface area contributed by atoms with Crippen LogP contribution in [0.25, 0.3) is 11.1 Å². The van der Waals surface area contributed by atoms with Gasteiger partial charge in [-0.2, -0.15) is 13.2 Å². The lowest BCUT2D eigenvalue weighted by Gasteiger charge is -2.10. The zero-order valence-corrected chi connectivity index (χ0v) is 10.3. The third-order valence-electron chi connectivity index (χ3n) is 2.64. The highest BCUT2D eigenvalue weighted by atomic mass is 35.5. The lowest BCUT2D eigenvalue weighted by Crippen LogP contribution is -2.04. The molecule has 0 radical (unpaired) electrons. The Morgan fingerprint density at radius 1 is 1.05 bits per heavy atom. The maximum absolute atomic E-state index is 12.6. The summed E-state index contributed by atoms with van der Waals surface area (Å²) >= 11 is 5.75. The molecule has 0 aromatic heterocycles. The Hall–Kier alpha value is -1.81. The van der Waals surface area contributed by atoms with E-state index in [1.165, 1.54) is 30.3 Å². The molecule has 0 unspecified atom stereocenters. The first kappa shape index (κ1) is 13.6. The fourth-order valence-corrected chi connectivity index (χ4v) is 1.94. The van der Waals surface area contributed by atoms with Crippen LogP contribution in [0.3, 0.4) is 0 Å². The smallest absolute Gasteiger partial charge is 0.298 e. The molecule has 0 N–H and O–H groups in total. The molecule has 5 heteroatoms. The van der Waals surface area contributed by atoms with Gasteiger partial charge in [0.25, 0.3) is 0 Å².